The molecule has 18 heavy (non-hydrogen) atoms. The SMILES string of the molecule is Cc1ccc(Br)c(C(=O)N2CCC(CCCl)C2)c1. The highest BCUT2D eigenvalue weighted by Gasteiger charge is 2.27. The van der Waals surface area contributed by atoms with Crippen LogP contribution in [0, 0.1) is 12.8 Å². The quantitative estimate of drug-likeness (QED) is 0.771. The number of likely N-dealkylation sites (tertiary alicyclic amines) is 1. The second kappa shape index (κ2) is 6.07. The summed E-state index contributed by atoms with van der Waals surface area (Å²) >= 11 is 9.22. The normalized spacial score (nSPS) is 19.3. The molecule has 2 rings (SSSR count). The molecule has 1 saturated heterocycles. The molecule has 4 heteroatoms. The number of amides is 1. The summed E-state index contributed by atoms with van der Waals surface area (Å²) in [7, 11) is 0. The van der Waals surface area contributed by atoms with Crippen molar-refractivity contribution in [2.75, 3.05) is 19.0 Å². The van der Waals surface area contributed by atoms with Gasteiger partial charge in [-0.25, -0.2) is 0 Å². The van der Waals surface area contributed by atoms with E-state index in [1.54, 1.807) is 0 Å². The van der Waals surface area contributed by atoms with Gasteiger partial charge < -0.3 is 4.90 Å². The van der Waals surface area contributed by atoms with Crippen molar-refractivity contribution in [1.82, 2.24) is 4.90 Å². The Kier molecular flexibility index (Phi) is 4.68. The third-order valence-electron chi connectivity index (χ3n) is 3.44. The lowest BCUT2D eigenvalue weighted by molar-refractivity contribution is 0.0786. The van der Waals surface area contributed by atoms with Crippen molar-refractivity contribution in [2.24, 2.45) is 5.92 Å². The van der Waals surface area contributed by atoms with Crippen molar-refractivity contribution >= 4 is 33.4 Å². The van der Waals surface area contributed by atoms with Crippen LogP contribution in [-0.2, 0) is 0 Å². The summed E-state index contributed by atoms with van der Waals surface area (Å²) in [5, 5.41) is 0. The average Bonchev–Trinajstić information content (AvgIpc) is 2.80. The third-order valence-corrected chi connectivity index (χ3v) is 4.35. The molecule has 0 N–H and O–H groups in total. The summed E-state index contributed by atoms with van der Waals surface area (Å²) < 4.78 is 0.874. The molecule has 1 atom stereocenters. The summed E-state index contributed by atoms with van der Waals surface area (Å²) in [5.74, 6) is 1.37. The number of nitrogens with zero attached hydrogens (tertiary/aromatic N) is 1. The fraction of sp³-hybridized carbons (Fsp3) is 0.500. The first kappa shape index (κ1) is 13.9. The zero-order valence-electron chi connectivity index (χ0n) is 10.5. The molecule has 1 fully saturated rings. The van der Waals surface area contributed by atoms with E-state index in [4.69, 9.17) is 11.6 Å². The predicted octanol–water partition coefficient (Wildman–Crippen LogP) is 3.85. The van der Waals surface area contributed by atoms with Crippen molar-refractivity contribution in [3.05, 3.63) is 33.8 Å². The van der Waals surface area contributed by atoms with E-state index in [1.165, 1.54) is 0 Å². The highest BCUT2D eigenvalue weighted by atomic mass is 79.9. The Hall–Kier alpha value is -0.540. The number of hydrogen-bond donors (Lipinski definition) is 0. The van der Waals surface area contributed by atoms with Gasteiger partial charge in [-0.15, -0.1) is 11.6 Å². The Morgan fingerprint density at radius 2 is 2.33 bits per heavy atom. The Balaban J connectivity index is 2.10. The van der Waals surface area contributed by atoms with Gasteiger partial charge in [0.25, 0.3) is 5.91 Å². The molecular formula is C14H17BrClNO. The first-order valence-electron chi connectivity index (χ1n) is 6.23. The zero-order valence-corrected chi connectivity index (χ0v) is 12.8. The van der Waals surface area contributed by atoms with Crippen LogP contribution in [0.4, 0.5) is 0 Å². The lowest BCUT2D eigenvalue weighted by atomic mass is 10.1. The van der Waals surface area contributed by atoms with Crippen LogP contribution >= 0.6 is 27.5 Å². The minimum atomic E-state index is 0.127. The molecule has 1 unspecified atom stereocenters. The molecular weight excluding hydrogens is 314 g/mol. The third kappa shape index (κ3) is 3.07. The summed E-state index contributed by atoms with van der Waals surface area (Å²) in [4.78, 5) is 14.4. The minimum Gasteiger partial charge on any atom is -0.338 e. The molecule has 98 valence electrons. The van der Waals surface area contributed by atoms with E-state index in [9.17, 15) is 4.79 Å². The lowest BCUT2D eigenvalue weighted by Gasteiger charge is -2.17. The van der Waals surface area contributed by atoms with Gasteiger partial charge in [-0.3, -0.25) is 4.79 Å². The van der Waals surface area contributed by atoms with Gasteiger partial charge >= 0.3 is 0 Å². The van der Waals surface area contributed by atoms with Crippen molar-refractivity contribution in [2.45, 2.75) is 19.8 Å². The van der Waals surface area contributed by atoms with Crippen LogP contribution in [0.2, 0.25) is 0 Å². The number of alkyl halides is 1. The molecule has 0 aliphatic carbocycles. The van der Waals surface area contributed by atoms with Gasteiger partial charge in [0.2, 0.25) is 0 Å². The Labute approximate surface area is 121 Å². The molecule has 0 aromatic heterocycles. The maximum absolute atomic E-state index is 12.4. The first-order valence-corrected chi connectivity index (χ1v) is 7.56. The van der Waals surface area contributed by atoms with E-state index >= 15 is 0 Å². The molecule has 1 aliphatic rings. The summed E-state index contributed by atoms with van der Waals surface area (Å²) in [6, 6.07) is 5.89. The number of aryl methyl sites for hydroxylation is 1. The first-order chi connectivity index (χ1) is 8.61. The van der Waals surface area contributed by atoms with Gasteiger partial charge in [0.05, 0.1) is 5.56 Å². The molecule has 0 bridgehead atoms. The van der Waals surface area contributed by atoms with Crippen LogP contribution in [0.25, 0.3) is 0 Å². The van der Waals surface area contributed by atoms with E-state index in [-0.39, 0.29) is 5.91 Å². The molecule has 1 aromatic carbocycles. The number of benzene rings is 1. The van der Waals surface area contributed by atoms with Crippen LogP contribution in [0.5, 0.6) is 0 Å². The fourth-order valence-corrected chi connectivity index (χ4v) is 3.11. The number of halogens is 2. The molecule has 1 aromatic rings. The number of carbonyl (C=O) groups excluding carboxylic acids is 1. The molecule has 1 heterocycles. The van der Waals surface area contributed by atoms with Crippen LogP contribution in [0.3, 0.4) is 0 Å². The molecule has 0 radical (unpaired) electrons. The zero-order chi connectivity index (χ0) is 13.1. The van der Waals surface area contributed by atoms with Crippen LogP contribution < -0.4 is 0 Å². The summed E-state index contributed by atoms with van der Waals surface area (Å²) in [6.45, 7) is 3.69. The van der Waals surface area contributed by atoms with Crippen LogP contribution in [0.15, 0.2) is 22.7 Å². The van der Waals surface area contributed by atoms with Gasteiger partial charge in [-0.2, -0.15) is 0 Å². The summed E-state index contributed by atoms with van der Waals surface area (Å²) in [6.07, 6.45) is 2.07. The maximum atomic E-state index is 12.4. The largest absolute Gasteiger partial charge is 0.338 e. The highest BCUT2D eigenvalue weighted by Crippen LogP contribution is 2.25. The number of hydrogen-bond acceptors (Lipinski definition) is 1. The Bertz CT molecular complexity index is 449. The fourth-order valence-electron chi connectivity index (χ4n) is 2.38. The van der Waals surface area contributed by atoms with Gasteiger partial charge in [0, 0.05) is 23.4 Å². The lowest BCUT2D eigenvalue weighted by Crippen LogP contribution is -2.29. The topological polar surface area (TPSA) is 20.3 Å². The second-order valence-electron chi connectivity index (χ2n) is 4.87. The monoisotopic (exact) mass is 329 g/mol. The smallest absolute Gasteiger partial charge is 0.255 e. The molecule has 2 nitrogen and oxygen atoms in total. The minimum absolute atomic E-state index is 0.127. The van der Waals surface area contributed by atoms with Crippen molar-refractivity contribution in [3.8, 4) is 0 Å². The molecule has 0 spiro atoms. The van der Waals surface area contributed by atoms with Gasteiger partial charge in [0.15, 0.2) is 0 Å². The Morgan fingerprint density at radius 3 is 3.06 bits per heavy atom. The van der Waals surface area contributed by atoms with E-state index in [1.807, 2.05) is 30.0 Å². The average molecular weight is 331 g/mol. The number of rotatable bonds is 3. The van der Waals surface area contributed by atoms with Crippen LogP contribution in [-0.4, -0.2) is 29.8 Å². The molecule has 1 amide bonds. The van der Waals surface area contributed by atoms with E-state index in [2.05, 4.69) is 15.9 Å². The van der Waals surface area contributed by atoms with Gasteiger partial charge in [-0.1, -0.05) is 11.6 Å². The number of carbonyl (C=O) groups is 1. The summed E-state index contributed by atoms with van der Waals surface area (Å²) in [5.41, 5.74) is 1.87. The van der Waals surface area contributed by atoms with Gasteiger partial charge in [-0.05, 0) is 53.7 Å². The van der Waals surface area contributed by atoms with Gasteiger partial charge in [0.1, 0.15) is 0 Å². The van der Waals surface area contributed by atoms with E-state index in [0.29, 0.717) is 11.8 Å². The van der Waals surface area contributed by atoms with E-state index < -0.39 is 0 Å². The molecule has 0 saturated carbocycles. The highest BCUT2D eigenvalue weighted by molar-refractivity contribution is 9.10. The van der Waals surface area contributed by atoms with Crippen molar-refractivity contribution in [3.63, 3.8) is 0 Å². The van der Waals surface area contributed by atoms with E-state index in [0.717, 1.165) is 41.5 Å². The standard InChI is InChI=1S/C14H17BrClNO/c1-10-2-3-13(15)12(8-10)14(18)17-7-5-11(9-17)4-6-16/h2-3,8,11H,4-7,9H2,1H3. The van der Waals surface area contributed by atoms with Crippen molar-refractivity contribution < 1.29 is 4.79 Å². The molecule has 1 aliphatic heterocycles. The van der Waals surface area contributed by atoms with Crippen LogP contribution in [0.1, 0.15) is 28.8 Å². The Morgan fingerprint density at radius 1 is 1.56 bits per heavy atom. The predicted molar refractivity (Wildman–Crippen MR) is 78.2 cm³/mol. The van der Waals surface area contributed by atoms with Crippen molar-refractivity contribution in [1.29, 1.82) is 0 Å². The second-order valence-corrected chi connectivity index (χ2v) is 6.10. The maximum Gasteiger partial charge on any atom is 0.255 e.